The van der Waals surface area contributed by atoms with Gasteiger partial charge in [0.1, 0.15) is 0 Å². The van der Waals surface area contributed by atoms with Crippen LogP contribution in [0.4, 0.5) is 11.4 Å². The molecule has 0 spiro atoms. The van der Waals surface area contributed by atoms with Crippen LogP contribution in [0.1, 0.15) is 13.3 Å². The van der Waals surface area contributed by atoms with E-state index in [4.69, 9.17) is 0 Å². The van der Waals surface area contributed by atoms with E-state index < -0.39 is 16.1 Å². The molecule has 1 heterocycles. The van der Waals surface area contributed by atoms with Gasteiger partial charge in [0.25, 0.3) is 0 Å². The smallest absolute Gasteiger partial charge is 0.241 e. The molecule has 0 aliphatic carbocycles. The van der Waals surface area contributed by atoms with Crippen molar-refractivity contribution < 1.29 is 13.2 Å². The highest BCUT2D eigenvalue weighted by Crippen LogP contribution is 2.47. The van der Waals surface area contributed by atoms with Gasteiger partial charge < -0.3 is 10.2 Å². The van der Waals surface area contributed by atoms with E-state index >= 15 is 0 Å². The number of sulfonamides is 1. The Kier molecular flexibility index (Phi) is 6.83. The second-order valence-electron chi connectivity index (χ2n) is 7.49. The summed E-state index contributed by atoms with van der Waals surface area (Å²) in [6.45, 7) is 2.73. The van der Waals surface area contributed by atoms with Crippen LogP contribution >= 0.6 is 11.8 Å². The zero-order valence-electron chi connectivity index (χ0n) is 17.7. The molecule has 0 saturated carbocycles. The molecular weight excluding hydrogens is 442 g/mol. The quantitative estimate of drug-likeness (QED) is 0.487. The van der Waals surface area contributed by atoms with Gasteiger partial charge in [0.05, 0.1) is 22.3 Å². The minimum absolute atomic E-state index is 0.139. The molecule has 166 valence electrons. The number of fused-ring (bicyclic) bond motifs is 2. The van der Waals surface area contributed by atoms with E-state index in [1.165, 1.54) is 21.9 Å². The van der Waals surface area contributed by atoms with Gasteiger partial charge in [-0.25, -0.2) is 8.42 Å². The molecule has 0 radical (unpaired) electrons. The minimum Gasteiger partial charge on any atom is -0.355 e. The highest BCUT2D eigenvalue weighted by atomic mass is 32.2. The van der Waals surface area contributed by atoms with Crippen molar-refractivity contribution in [2.45, 2.75) is 34.1 Å². The summed E-state index contributed by atoms with van der Waals surface area (Å²) in [5.74, 6) is -0.348. The summed E-state index contributed by atoms with van der Waals surface area (Å²) in [6.07, 6.45) is 0.719. The van der Waals surface area contributed by atoms with E-state index in [2.05, 4.69) is 39.2 Å². The molecule has 3 aromatic rings. The molecule has 0 bridgehead atoms. The first-order valence-electron chi connectivity index (χ1n) is 10.4. The lowest BCUT2D eigenvalue weighted by Gasteiger charge is -2.32. The fraction of sp³-hybridized carbons (Fsp3) is 0.208. The number of nitrogens with zero attached hydrogens (tertiary/aromatic N) is 1. The van der Waals surface area contributed by atoms with Crippen molar-refractivity contribution >= 4 is 39.1 Å². The maximum atomic E-state index is 12.4. The van der Waals surface area contributed by atoms with Crippen LogP contribution in [0.3, 0.4) is 0 Å². The second-order valence-corrected chi connectivity index (χ2v) is 10.3. The number of amides is 1. The van der Waals surface area contributed by atoms with Crippen LogP contribution in [-0.4, -0.2) is 33.5 Å². The minimum atomic E-state index is -3.74. The molecular formula is C24H25N3O3S2. The Morgan fingerprint density at radius 3 is 2.09 bits per heavy atom. The van der Waals surface area contributed by atoms with Crippen molar-refractivity contribution in [3.63, 3.8) is 0 Å². The molecule has 0 saturated heterocycles. The number of nitrogens with one attached hydrogen (secondary N) is 2. The summed E-state index contributed by atoms with van der Waals surface area (Å²) in [4.78, 5) is 17.3. The predicted molar refractivity (Wildman–Crippen MR) is 128 cm³/mol. The van der Waals surface area contributed by atoms with Crippen LogP contribution in [0.25, 0.3) is 0 Å². The summed E-state index contributed by atoms with van der Waals surface area (Å²) >= 11 is 1.76. The standard InChI is InChI=1S/C24H25N3O3S2/c1-18(26-32(29,30)19-10-3-2-4-11-19)24(28)25-16-9-17-27-20-12-5-7-14-22(20)31-23-15-8-6-13-21(23)27/h2-8,10-15,18,26H,9,16-17H2,1H3,(H,25,28)/t18-/m0/s1. The predicted octanol–water partition coefficient (Wildman–Crippen LogP) is 4.16. The summed E-state index contributed by atoms with van der Waals surface area (Å²) in [7, 11) is -3.74. The molecule has 1 atom stereocenters. The molecule has 1 amide bonds. The molecule has 1 aliphatic rings. The summed E-state index contributed by atoms with van der Waals surface area (Å²) in [5, 5.41) is 2.85. The molecule has 0 unspecified atom stereocenters. The van der Waals surface area contributed by atoms with Crippen LogP contribution in [0.15, 0.2) is 93.5 Å². The molecule has 6 nitrogen and oxygen atoms in total. The number of hydrogen-bond donors (Lipinski definition) is 2. The van der Waals surface area contributed by atoms with E-state index in [0.717, 1.165) is 24.3 Å². The highest BCUT2D eigenvalue weighted by Gasteiger charge is 2.23. The number of para-hydroxylation sites is 2. The first-order valence-corrected chi connectivity index (χ1v) is 12.7. The Labute approximate surface area is 193 Å². The van der Waals surface area contributed by atoms with Gasteiger partial charge in [-0.2, -0.15) is 4.72 Å². The topological polar surface area (TPSA) is 78.5 Å². The average molecular weight is 468 g/mol. The molecule has 1 aliphatic heterocycles. The van der Waals surface area contributed by atoms with Crippen LogP contribution in [0.2, 0.25) is 0 Å². The molecule has 3 aromatic carbocycles. The van der Waals surface area contributed by atoms with Crippen LogP contribution in [0.5, 0.6) is 0 Å². The van der Waals surface area contributed by atoms with E-state index in [0.29, 0.717) is 6.54 Å². The SMILES string of the molecule is C[C@H](NS(=O)(=O)c1ccccc1)C(=O)NCCCN1c2ccccc2Sc2ccccc21. The third-order valence-corrected chi connectivity index (χ3v) is 7.86. The van der Waals surface area contributed by atoms with Gasteiger partial charge >= 0.3 is 0 Å². The summed E-state index contributed by atoms with van der Waals surface area (Å²) in [5.41, 5.74) is 2.32. The zero-order chi connectivity index (χ0) is 22.6. The Morgan fingerprint density at radius 1 is 0.906 bits per heavy atom. The van der Waals surface area contributed by atoms with Crippen molar-refractivity contribution in [2.24, 2.45) is 0 Å². The molecule has 0 fully saturated rings. The fourth-order valence-electron chi connectivity index (χ4n) is 3.58. The Bertz CT molecular complexity index is 1150. The maximum Gasteiger partial charge on any atom is 0.241 e. The van der Waals surface area contributed by atoms with Crippen molar-refractivity contribution in [1.82, 2.24) is 10.0 Å². The largest absolute Gasteiger partial charge is 0.355 e. The van der Waals surface area contributed by atoms with E-state index in [-0.39, 0.29) is 10.8 Å². The Balaban J connectivity index is 1.33. The number of benzene rings is 3. The Morgan fingerprint density at radius 2 is 1.47 bits per heavy atom. The van der Waals surface area contributed by atoms with E-state index in [9.17, 15) is 13.2 Å². The summed E-state index contributed by atoms with van der Waals surface area (Å²) < 4.78 is 27.3. The third-order valence-electron chi connectivity index (χ3n) is 5.17. The van der Waals surface area contributed by atoms with Crippen LogP contribution < -0.4 is 14.9 Å². The number of anilines is 2. The third kappa shape index (κ3) is 4.98. The molecule has 4 rings (SSSR count). The van der Waals surface area contributed by atoms with Crippen molar-refractivity contribution in [3.8, 4) is 0 Å². The van der Waals surface area contributed by atoms with Gasteiger partial charge in [0, 0.05) is 22.9 Å². The van der Waals surface area contributed by atoms with Gasteiger partial charge in [-0.1, -0.05) is 54.2 Å². The maximum absolute atomic E-state index is 12.4. The van der Waals surface area contributed by atoms with Gasteiger partial charge in [0.15, 0.2) is 0 Å². The van der Waals surface area contributed by atoms with Crippen molar-refractivity contribution in [3.05, 3.63) is 78.9 Å². The van der Waals surface area contributed by atoms with Gasteiger partial charge in [-0.3, -0.25) is 4.79 Å². The lowest BCUT2D eigenvalue weighted by molar-refractivity contribution is -0.122. The first kappa shape index (κ1) is 22.4. The molecule has 32 heavy (non-hydrogen) atoms. The average Bonchev–Trinajstić information content (AvgIpc) is 2.81. The Hall–Kier alpha value is -2.81. The van der Waals surface area contributed by atoms with E-state index in [1.54, 1.807) is 36.9 Å². The number of carbonyl (C=O) groups excluding carboxylic acids is 1. The fourth-order valence-corrected chi connectivity index (χ4v) is 5.90. The summed E-state index contributed by atoms with van der Waals surface area (Å²) in [6, 6.07) is 23.8. The van der Waals surface area contributed by atoms with E-state index in [1.807, 2.05) is 24.3 Å². The van der Waals surface area contributed by atoms with Crippen molar-refractivity contribution in [2.75, 3.05) is 18.0 Å². The lowest BCUT2D eigenvalue weighted by Crippen LogP contribution is -2.45. The van der Waals surface area contributed by atoms with Gasteiger partial charge in [-0.05, 0) is 49.7 Å². The molecule has 8 heteroatoms. The van der Waals surface area contributed by atoms with Crippen LogP contribution in [0, 0.1) is 0 Å². The van der Waals surface area contributed by atoms with Crippen molar-refractivity contribution in [1.29, 1.82) is 0 Å². The van der Waals surface area contributed by atoms with Gasteiger partial charge in [-0.15, -0.1) is 0 Å². The van der Waals surface area contributed by atoms with Crippen LogP contribution in [-0.2, 0) is 14.8 Å². The molecule has 0 aromatic heterocycles. The zero-order valence-corrected chi connectivity index (χ0v) is 19.3. The highest BCUT2D eigenvalue weighted by molar-refractivity contribution is 7.99. The monoisotopic (exact) mass is 467 g/mol. The number of rotatable bonds is 8. The normalized spacial score (nSPS) is 13.7. The van der Waals surface area contributed by atoms with Gasteiger partial charge in [0.2, 0.25) is 15.9 Å². The second kappa shape index (κ2) is 9.77. The first-order chi connectivity index (χ1) is 15.5. The molecule has 2 N–H and O–H groups in total. The lowest BCUT2D eigenvalue weighted by atomic mass is 10.2. The number of hydrogen-bond acceptors (Lipinski definition) is 5. The number of carbonyl (C=O) groups is 1.